The van der Waals surface area contributed by atoms with Crippen LogP contribution >= 0.6 is 0 Å². The SMILES string of the molecule is C=C1CCCCO/C1=C(C)/C=N\C. The largest absolute Gasteiger partial charge is 0.493 e. The molecule has 2 nitrogen and oxygen atoms in total. The molecule has 0 aromatic heterocycles. The van der Waals surface area contributed by atoms with Gasteiger partial charge in [-0.25, -0.2) is 0 Å². The first-order valence-corrected chi connectivity index (χ1v) is 4.69. The standard InChI is InChI=1S/C11H17NO/c1-9-6-4-5-7-13-11(9)10(2)8-12-3/h8H,1,4-7H2,2-3H3/b11-10+,12-8-. The van der Waals surface area contributed by atoms with Gasteiger partial charge in [0.05, 0.1) is 6.61 Å². The molecule has 72 valence electrons. The number of rotatable bonds is 1. The van der Waals surface area contributed by atoms with E-state index in [0.29, 0.717) is 0 Å². The summed E-state index contributed by atoms with van der Waals surface area (Å²) in [5.74, 6) is 0.947. The number of hydrogen-bond donors (Lipinski definition) is 0. The molecule has 1 aliphatic heterocycles. The third-order valence-corrected chi connectivity index (χ3v) is 2.12. The van der Waals surface area contributed by atoms with Gasteiger partial charge in [0, 0.05) is 18.8 Å². The Balaban J connectivity index is 2.85. The average Bonchev–Trinajstić information content (AvgIpc) is 2.30. The summed E-state index contributed by atoms with van der Waals surface area (Å²) in [6, 6.07) is 0. The van der Waals surface area contributed by atoms with Gasteiger partial charge >= 0.3 is 0 Å². The van der Waals surface area contributed by atoms with Gasteiger partial charge < -0.3 is 4.74 Å². The van der Waals surface area contributed by atoms with E-state index in [1.54, 1.807) is 7.05 Å². The quantitative estimate of drug-likeness (QED) is 0.567. The lowest BCUT2D eigenvalue weighted by Crippen LogP contribution is -1.97. The van der Waals surface area contributed by atoms with Crippen molar-refractivity contribution < 1.29 is 4.74 Å². The zero-order chi connectivity index (χ0) is 9.68. The fourth-order valence-corrected chi connectivity index (χ4v) is 1.48. The maximum absolute atomic E-state index is 5.62. The minimum absolute atomic E-state index is 0.809. The highest BCUT2D eigenvalue weighted by Crippen LogP contribution is 2.23. The molecule has 1 aliphatic rings. The smallest absolute Gasteiger partial charge is 0.126 e. The zero-order valence-electron chi connectivity index (χ0n) is 8.47. The molecule has 1 fully saturated rings. The highest BCUT2D eigenvalue weighted by molar-refractivity contribution is 5.79. The first kappa shape index (κ1) is 10.0. The molecule has 0 atom stereocenters. The average molecular weight is 179 g/mol. The Hall–Kier alpha value is -1.05. The van der Waals surface area contributed by atoms with Crippen LogP contribution in [-0.2, 0) is 4.74 Å². The van der Waals surface area contributed by atoms with Crippen molar-refractivity contribution in [1.82, 2.24) is 0 Å². The summed E-state index contributed by atoms with van der Waals surface area (Å²) in [5, 5.41) is 0. The predicted molar refractivity (Wildman–Crippen MR) is 56.1 cm³/mol. The third kappa shape index (κ3) is 2.72. The highest BCUT2D eigenvalue weighted by atomic mass is 16.5. The molecular formula is C11H17NO. The van der Waals surface area contributed by atoms with Crippen molar-refractivity contribution in [1.29, 1.82) is 0 Å². The Morgan fingerprint density at radius 3 is 3.00 bits per heavy atom. The summed E-state index contributed by atoms with van der Waals surface area (Å²) >= 11 is 0. The maximum Gasteiger partial charge on any atom is 0.126 e. The molecule has 2 heteroatoms. The van der Waals surface area contributed by atoms with Gasteiger partial charge in [0.25, 0.3) is 0 Å². The number of hydrogen-bond acceptors (Lipinski definition) is 2. The molecule has 0 amide bonds. The van der Waals surface area contributed by atoms with Gasteiger partial charge in [-0.1, -0.05) is 6.58 Å². The molecule has 13 heavy (non-hydrogen) atoms. The molecule has 0 bridgehead atoms. The van der Waals surface area contributed by atoms with E-state index in [1.807, 2.05) is 13.1 Å². The molecule has 0 aromatic rings. The first-order valence-electron chi connectivity index (χ1n) is 4.69. The Morgan fingerprint density at radius 2 is 2.31 bits per heavy atom. The lowest BCUT2D eigenvalue weighted by atomic mass is 10.1. The first-order chi connectivity index (χ1) is 6.25. The van der Waals surface area contributed by atoms with Crippen LogP contribution in [0.25, 0.3) is 0 Å². The van der Waals surface area contributed by atoms with E-state index in [0.717, 1.165) is 36.4 Å². The van der Waals surface area contributed by atoms with Crippen LogP contribution in [0.5, 0.6) is 0 Å². The lowest BCUT2D eigenvalue weighted by Gasteiger charge is -2.09. The number of aliphatic imine (C=N–C) groups is 1. The third-order valence-electron chi connectivity index (χ3n) is 2.12. The molecule has 0 N–H and O–H groups in total. The topological polar surface area (TPSA) is 21.6 Å². The second-order valence-corrected chi connectivity index (χ2v) is 3.31. The normalized spacial score (nSPS) is 22.8. The molecule has 1 saturated heterocycles. The van der Waals surface area contributed by atoms with E-state index in [-0.39, 0.29) is 0 Å². The minimum atomic E-state index is 0.809. The summed E-state index contributed by atoms with van der Waals surface area (Å²) in [6.45, 7) is 6.84. The van der Waals surface area contributed by atoms with E-state index < -0.39 is 0 Å². The van der Waals surface area contributed by atoms with Gasteiger partial charge in [-0.05, 0) is 31.8 Å². The van der Waals surface area contributed by atoms with Crippen molar-refractivity contribution in [3.05, 3.63) is 23.5 Å². The van der Waals surface area contributed by atoms with Crippen LogP contribution in [0.2, 0.25) is 0 Å². The molecule has 0 saturated carbocycles. The summed E-state index contributed by atoms with van der Waals surface area (Å²) in [4.78, 5) is 3.97. The van der Waals surface area contributed by atoms with Crippen molar-refractivity contribution in [3.8, 4) is 0 Å². The summed E-state index contributed by atoms with van der Waals surface area (Å²) in [5.41, 5.74) is 2.18. The summed E-state index contributed by atoms with van der Waals surface area (Å²) in [6.07, 6.45) is 5.17. The zero-order valence-corrected chi connectivity index (χ0v) is 8.47. The van der Waals surface area contributed by atoms with Crippen LogP contribution in [0, 0.1) is 0 Å². The van der Waals surface area contributed by atoms with E-state index in [4.69, 9.17) is 4.74 Å². The number of ether oxygens (including phenoxy) is 1. The van der Waals surface area contributed by atoms with Gasteiger partial charge in [0.2, 0.25) is 0 Å². The van der Waals surface area contributed by atoms with Crippen LogP contribution < -0.4 is 0 Å². The second-order valence-electron chi connectivity index (χ2n) is 3.31. The molecule has 0 aromatic carbocycles. The van der Waals surface area contributed by atoms with Crippen LogP contribution in [0.1, 0.15) is 26.2 Å². The molecule has 1 heterocycles. The number of allylic oxidation sites excluding steroid dienone is 2. The Morgan fingerprint density at radius 1 is 1.54 bits per heavy atom. The van der Waals surface area contributed by atoms with Gasteiger partial charge in [0.15, 0.2) is 0 Å². The lowest BCUT2D eigenvalue weighted by molar-refractivity contribution is 0.223. The van der Waals surface area contributed by atoms with E-state index in [2.05, 4.69) is 11.6 Å². The molecule has 1 rings (SSSR count). The van der Waals surface area contributed by atoms with Gasteiger partial charge in [-0.15, -0.1) is 0 Å². The summed E-state index contributed by atoms with van der Waals surface area (Å²) in [7, 11) is 1.77. The predicted octanol–water partition coefficient (Wildman–Crippen LogP) is 2.72. The van der Waals surface area contributed by atoms with Gasteiger partial charge in [-0.3, -0.25) is 4.99 Å². The van der Waals surface area contributed by atoms with Crippen molar-refractivity contribution in [2.45, 2.75) is 26.2 Å². The van der Waals surface area contributed by atoms with E-state index in [1.165, 1.54) is 6.42 Å². The van der Waals surface area contributed by atoms with Crippen LogP contribution in [0.4, 0.5) is 0 Å². The molecular weight excluding hydrogens is 162 g/mol. The van der Waals surface area contributed by atoms with E-state index >= 15 is 0 Å². The molecule has 0 unspecified atom stereocenters. The molecule has 0 spiro atoms. The fourth-order valence-electron chi connectivity index (χ4n) is 1.48. The summed E-state index contributed by atoms with van der Waals surface area (Å²) < 4.78 is 5.62. The van der Waals surface area contributed by atoms with Crippen molar-refractivity contribution in [2.24, 2.45) is 4.99 Å². The van der Waals surface area contributed by atoms with Crippen molar-refractivity contribution >= 4 is 6.21 Å². The Labute approximate surface area is 80.0 Å². The molecule has 0 radical (unpaired) electrons. The molecule has 0 aliphatic carbocycles. The minimum Gasteiger partial charge on any atom is -0.493 e. The van der Waals surface area contributed by atoms with Gasteiger partial charge in [-0.2, -0.15) is 0 Å². The number of nitrogens with zero attached hydrogens (tertiary/aromatic N) is 1. The van der Waals surface area contributed by atoms with E-state index in [9.17, 15) is 0 Å². The van der Waals surface area contributed by atoms with Gasteiger partial charge in [0.1, 0.15) is 5.76 Å². The van der Waals surface area contributed by atoms with Crippen molar-refractivity contribution in [2.75, 3.05) is 13.7 Å². The van der Waals surface area contributed by atoms with Crippen LogP contribution in [0.15, 0.2) is 28.5 Å². The Kier molecular flexibility index (Phi) is 3.74. The second kappa shape index (κ2) is 4.85. The Bertz CT molecular complexity index is 251. The van der Waals surface area contributed by atoms with Crippen molar-refractivity contribution in [3.63, 3.8) is 0 Å². The highest BCUT2D eigenvalue weighted by Gasteiger charge is 2.11. The fraction of sp³-hybridized carbons (Fsp3) is 0.545. The monoisotopic (exact) mass is 179 g/mol. The maximum atomic E-state index is 5.62. The van der Waals surface area contributed by atoms with Crippen LogP contribution in [-0.4, -0.2) is 19.9 Å². The van der Waals surface area contributed by atoms with Crippen LogP contribution in [0.3, 0.4) is 0 Å².